The largest absolute Gasteiger partial charge is 0.511 e. The van der Waals surface area contributed by atoms with Crippen LogP contribution in [-0.4, -0.2) is 24.1 Å². The van der Waals surface area contributed by atoms with Crippen molar-refractivity contribution in [3.63, 3.8) is 0 Å². The SMILES string of the molecule is CC(OC(=O)OC(C)(C)C)Oc1ccc2c(c1)[C@@]1(C)CCCCC[C@@H](C2)[C@@H]1N. The third kappa shape index (κ3) is 4.62. The van der Waals surface area contributed by atoms with Crippen molar-refractivity contribution in [2.45, 2.75) is 96.5 Å². The molecule has 4 atom stereocenters. The van der Waals surface area contributed by atoms with Crippen LogP contribution < -0.4 is 10.5 Å². The molecule has 2 aliphatic carbocycles. The van der Waals surface area contributed by atoms with Gasteiger partial charge in [0.15, 0.2) is 0 Å². The van der Waals surface area contributed by atoms with E-state index in [0.717, 1.165) is 12.8 Å². The molecule has 2 aliphatic rings. The van der Waals surface area contributed by atoms with Crippen LogP contribution in [0.4, 0.5) is 4.79 Å². The van der Waals surface area contributed by atoms with E-state index < -0.39 is 18.0 Å². The zero-order chi connectivity index (χ0) is 20.5. The molecule has 0 aliphatic heterocycles. The van der Waals surface area contributed by atoms with Crippen molar-refractivity contribution in [1.82, 2.24) is 0 Å². The molecule has 1 aromatic rings. The molecule has 28 heavy (non-hydrogen) atoms. The lowest BCUT2D eigenvalue weighted by atomic mass is 9.60. The topological polar surface area (TPSA) is 70.8 Å². The van der Waals surface area contributed by atoms with E-state index in [2.05, 4.69) is 19.1 Å². The van der Waals surface area contributed by atoms with Gasteiger partial charge in [-0.3, -0.25) is 0 Å². The molecule has 156 valence electrons. The van der Waals surface area contributed by atoms with Crippen LogP contribution in [-0.2, 0) is 21.3 Å². The highest BCUT2D eigenvalue weighted by Gasteiger charge is 2.43. The fourth-order valence-electron chi connectivity index (χ4n) is 4.73. The second-order valence-electron chi connectivity index (χ2n) is 9.59. The van der Waals surface area contributed by atoms with Crippen molar-refractivity contribution in [3.05, 3.63) is 29.3 Å². The van der Waals surface area contributed by atoms with Gasteiger partial charge in [-0.05, 0) is 69.2 Å². The van der Waals surface area contributed by atoms with Crippen LogP contribution in [0.1, 0.15) is 77.8 Å². The summed E-state index contributed by atoms with van der Waals surface area (Å²) >= 11 is 0. The van der Waals surface area contributed by atoms with Crippen LogP contribution >= 0.6 is 0 Å². The van der Waals surface area contributed by atoms with E-state index in [9.17, 15) is 4.79 Å². The minimum Gasteiger partial charge on any atom is -0.455 e. The maximum absolute atomic E-state index is 11.9. The molecule has 1 unspecified atom stereocenters. The van der Waals surface area contributed by atoms with Gasteiger partial charge >= 0.3 is 6.16 Å². The molecule has 1 aromatic carbocycles. The van der Waals surface area contributed by atoms with Crippen LogP contribution in [0.2, 0.25) is 0 Å². The van der Waals surface area contributed by atoms with Gasteiger partial charge in [-0.25, -0.2) is 4.79 Å². The molecular formula is C23H35NO4. The zero-order valence-corrected chi connectivity index (χ0v) is 17.9. The molecule has 3 rings (SSSR count). The average molecular weight is 390 g/mol. The van der Waals surface area contributed by atoms with E-state index in [0.29, 0.717) is 11.7 Å². The maximum Gasteiger partial charge on any atom is 0.511 e. The zero-order valence-electron chi connectivity index (χ0n) is 17.9. The molecule has 0 heterocycles. The maximum atomic E-state index is 11.9. The monoisotopic (exact) mass is 389 g/mol. The second kappa shape index (κ2) is 7.94. The molecule has 1 saturated carbocycles. The summed E-state index contributed by atoms with van der Waals surface area (Å²) in [6.07, 6.45) is 5.67. The first-order valence-corrected chi connectivity index (χ1v) is 10.5. The van der Waals surface area contributed by atoms with E-state index in [4.69, 9.17) is 19.9 Å². The fourth-order valence-corrected chi connectivity index (χ4v) is 4.73. The van der Waals surface area contributed by atoms with Crippen LogP contribution in [0.3, 0.4) is 0 Å². The minimum absolute atomic E-state index is 0.0344. The molecule has 0 saturated heterocycles. The number of fused-ring (bicyclic) bond motifs is 4. The average Bonchev–Trinajstić information content (AvgIpc) is 2.57. The number of hydrogen-bond donors (Lipinski definition) is 1. The van der Waals surface area contributed by atoms with Crippen LogP contribution in [0.25, 0.3) is 0 Å². The summed E-state index contributed by atoms with van der Waals surface area (Å²) in [4.78, 5) is 11.9. The van der Waals surface area contributed by atoms with E-state index in [1.54, 1.807) is 27.7 Å². The number of nitrogens with two attached hydrogens (primary N) is 1. The van der Waals surface area contributed by atoms with Gasteiger partial charge in [0.2, 0.25) is 6.29 Å². The predicted molar refractivity (Wildman–Crippen MR) is 109 cm³/mol. The summed E-state index contributed by atoms with van der Waals surface area (Å²) in [5.41, 5.74) is 8.79. The molecule has 0 amide bonds. The number of ether oxygens (including phenoxy) is 3. The quantitative estimate of drug-likeness (QED) is 0.576. The number of benzene rings is 1. The Morgan fingerprint density at radius 2 is 2.00 bits per heavy atom. The van der Waals surface area contributed by atoms with Gasteiger partial charge in [-0.1, -0.05) is 32.3 Å². The highest BCUT2D eigenvalue weighted by molar-refractivity contribution is 5.60. The molecule has 0 spiro atoms. The van der Waals surface area contributed by atoms with Crippen molar-refractivity contribution in [3.8, 4) is 5.75 Å². The predicted octanol–water partition coefficient (Wildman–Crippen LogP) is 5.08. The molecule has 5 nitrogen and oxygen atoms in total. The Labute approximate surface area is 168 Å². The van der Waals surface area contributed by atoms with Crippen molar-refractivity contribution in [1.29, 1.82) is 0 Å². The summed E-state index contributed by atoms with van der Waals surface area (Å²) in [6.45, 7) is 9.40. The molecule has 0 aromatic heterocycles. The van der Waals surface area contributed by atoms with E-state index >= 15 is 0 Å². The van der Waals surface area contributed by atoms with Crippen molar-refractivity contribution < 1.29 is 19.0 Å². The molecular weight excluding hydrogens is 354 g/mol. The Kier molecular flexibility index (Phi) is 5.95. The Balaban J connectivity index is 1.76. The van der Waals surface area contributed by atoms with Gasteiger partial charge < -0.3 is 19.9 Å². The van der Waals surface area contributed by atoms with Gasteiger partial charge in [0.05, 0.1) is 0 Å². The number of carbonyl (C=O) groups is 1. The number of hydrogen-bond acceptors (Lipinski definition) is 5. The summed E-state index contributed by atoms with van der Waals surface area (Å²) in [6, 6.07) is 6.39. The minimum atomic E-state index is -0.733. The number of rotatable bonds is 3. The first-order chi connectivity index (χ1) is 13.1. The second-order valence-corrected chi connectivity index (χ2v) is 9.59. The van der Waals surface area contributed by atoms with E-state index in [-0.39, 0.29) is 11.5 Å². The van der Waals surface area contributed by atoms with Crippen molar-refractivity contribution in [2.24, 2.45) is 11.7 Å². The Hall–Kier alpha value is -1.75. The molecule has 2 N–H and O–H groups in total. The van der Waals surface area contributed by atoms with Gasteiger partial charge in [0, 0.05) is 18.4 Å². The highest BCUT2D eigenvalue weighted by Crippen LogP contribution is 2.46. The van der Waals surface area contributed by atoms with Gasteiger partial charge in [0.1, 0.15) is 11.4 Å². The summed E-state index contributed by atoms with van der Waals surface area (Å²) in [5, 5.41) is 0. The van der Waals surface area contributed by atoms with Crippen molar-refractivity contribution >= 4 is 6.16 Å². The van der Waals surface area contributed by atoms with Crippen LogP contribution in [0.15, 0.2) is 18.2 Å². The number of carbonyl (C=O) groups excluding carboxylic acids is 1. The molecule has 5 heteroatoms. The van der Waals surface area contributed by atoms with Gasteiger partial charge in [0.25, 0.3) is 0 Å². The lowest BCUT2D eigenvalue weighted by molar-refractivity contribution is -0.0771. The first kappa shape index (κ1) is 21.0. The molecule has 2 bridgehead atoms. The molecule has 1 fully saturated rings. The van der Waals surface area contributed by atoms with E-state index in [1.165, 1.54) is 36.8 Å². The van der Waals surface area contributed by atoms with Gasteiger partial charge in [-0.2, -0.15) is 0 Å². The normalized spacial score (nSPS) is 28.4. The first-order valence-electron chi connectivity index (χ1n) is 10.5. The smallest absolute Gasteiger partial charge is 0.455 e. The standard InChI is InChI=1S/C23H35NO4/c1-15(27-21(25)28-22(2,3)4)26-18-11-10-16-13-17-9-7-6-8-12-23(5,20(17)24)19(16)14-18/h10-11,14-15,17,20H,6-9,12-13,24H2,1-5H3/t15?,17-,20-,23+/m0/s1. The summed E-state index contributed by atoms with van der Waals surface area (Å²) in [7, 11) is 0. The summed E-state index contributed by atoms with van der Waals surface area (Å²) < 4.78 is 16.3. The Morgan fingerprint density at radius 3 is 2.71 bits per heavy atom. The van der Waals surface area contributed by atoms with Crippen LogP contribution in [0, 0.1) is 5.92 Å². The lowest BCUT2D eigenvalue weighted by Crippen LogP contribution is -2.52. The van der Waals surface area contributed by atoms with Crippen LogP contribution in [0.5, 0.6) is 5.75 Å². The third-order valence-corrected chi connectivity index (χ3v) is 6.15. The van der Waals surface area contributed by atoms with Crippen molar-refractivity contribution in [2.75, 3.05) is 0 Å². The van der Waals surface area contributed by atoms with E-state index in [1.807, 2.05) is 6.07 Å². The lowest BCUT2D eigenvalue weighted by Gasteiger charge is -2.47. The summed E-state index contributed by atoms with van der Waals surface area (Å²) in [5.74, 6) is 1.25. The third-order valence-electron chi connectivity index (χ3n) is 6.15. The Bertz CT molecular complexity index is 711. The fraction of sp³-hybridized carbons (Fsp3) is 0.696. The Morgan fingerprint density at radius 1 is 1.25 bits per heavy atom. The highest BCUT2D eigenvalue weighted by atomic mass is 16.8. The van der Waals surface area contributed by atoms with Gasteiger partial charge in [-0.15, -0.1) is 0 Å². The molecule has 0 radical (unpaired) electrons.